The van der Waals surface area contributed by atoms with Gasteiger partial charge in [0.05, 0.1) is 0 Å². The molecule has 0 aromatic heterocycles. The Morgan fingerprint density at radius 3 is 2.72 bits per heavy atom. The molecule has 0 saturated heterocycles. The third kappa shape index (κ3) is 4.40. The number of anilines is 1. The van der Waals surface area contributed by atoms with E-state index in [-0.39, 0.29) is 5.91 Å². The number of carbonyl (C=O) groups excluding carboxylic acids is 1. The van der Waals surface area contributed by atoms with Crippen LogP contribution in [0, 0.1) is 0 Å². The Hall–Kier alpha value is -1.51. The molecule has 2 N–H and O–H groups in total. The highest BCUT2D eigenvalue weighted by atomic mass is 16.1. The molecule has 0 heterocycles. The van der Waals surface area contributed by atoms with Crippen LogP contribution in [0.5, 0.6) is 0 Å². The van der Waals surface area contributed by atoms with E-state index >= 15 is 0 Å². The first-order valence-electron chi connectivity index (χ1n) is 6.79. The van der Waals surface area contributed by atoms with Crippen molar-refractivity contribution in [1.29, 1.82) is 0 Å². The van der Waals surface area contributed by atoms with Crippen LogP contribution in [0.4, 0.5) is 5.69 Å². The van der Waals surface area contributed by atoms with Gasteiger partial charge >= 0.3 is 0 Å². The number of rotatable bonds is 7. The van der Waals surface area contributed by atoms with Crippen LogP contribution >= 0.6 is 0 Å². The molecule has 0 fully saturated rings. The summed E-state index contributed by atoms with van der Waals surface area (Å²) in [7, 11) is 1.65. The predicted molar refractivity (Wildman–Crippen MR) is 77.1 cm³/mol. The highest BCUT2D eigenvalue weighted by Crippen LogP contribution is 2.15. The van der Waals surface area contributed by atoms with Gasteiger partial charge in [-0.2, -0.15) is 0 Å². The van der Waals surface area contributed by atoms with Gasteiger partial charge in [-0.15, -0.1) is 0 Å². The van der Waals surface area contributed by atoms with E-state index in [1.54, 1.807) is 7.05 Å². The van der Waals surface area contributed by atoms with Crippen LogP contribution in [0.15, 0.2) is 24.3 Å². The molecule has 1 rings (SSSR count). The number of hydrogen-bond acceptors (Lipinski definition) is 2. The molecule has 18 heavy (non-hydrogen) atoms. The van der Waals surface area contributed by atoms with Gasteiger partial charge in [0.25, 0.3) is 5.91 Å². The van der Waals surface area contributed by atoms with Crippen molar-refractivity contribution in [2.45, 2.75) is 45.6 Å². The lowest BCUT2D eigenvalue weighted by atomic mass is 10.1. The fraction of sp³-hybridized carbons (Fsp3) is 0.533. The summed E-state index contributed by atoms with van der Waals surface area (Å²) in [5, 5.41) is 6.15. The van der Waals surface area contributed by atoms with Crippen LogP contribution in [-0.4, -0.2) is 19.0 Å². The highest BCUT2D eigenvalue weighted by Gasteiger charge is 2.07. The lowest BCUT2D eigenvalue weighted by Crippen LogP contribution is -2.20. The van der Waals surface area contributed by atoms with Crippen LogP contribution in [0.3, 0.4) is 0 Å². The van der Waals surface area contributed by atoms with Crippen LogP contribution < -0.4 is 10.6 Å². The second-order valence-corrected chi connectivity index (χ2v) is 4.55. The molecule has 1 atom stereocenters. The summed E-state index contributed by atoms with van der Waals surface area (Å²) < 4.78 is 0. The fourth-order valence-electron chi connectivity index (χ4n) is 1.96. The van der Waals surface area contributed by atoms with Crippen molar-refractivity contribution >= 4 is 11.6 Å². The summed E-state index contributed by atoms with van der Waals surface area (Å²) in [6.45, 7) is 4.40. The van der Waals surface area contributed by atoms with Gasteiger partial charge in [-0.05, 0) is 31.0 Å². The smallest absolute Gasteiger partial charge is 0.251 e. The summed E-state index contributed by atoms with van der Waals surface area (Å²) in [6.07, 6.45) is 4.73. The number of carbonyl (C=O) groups is 1. The van der Waals surface area contributed by atoms with Gasteiger partial charge in [0.1, 0.15) is 0 Å². The summed E-state index contributed by atoms with van der Waals surface area (Å²) in [6, 6.07) is 8.16. The van der Waals surface area contributed by atoms with E-state index in [0.717, 1.165) is 12.1 Å². The van der Waals surface area contributed by atoms with E-state index in [9.17, 15) is 4.79 Å². The van der Waals surface area contributed by atoms with Crippen molar-refractivity contribution in [2.24, 2.45) is 0 Å². The maximum absolute atomic E-state index is 11.6. The highest BCUT2D eigenvalue weighted by molar-refractivity contribution is 5.94. The van der Waals surface area contributed by atoms with Gasteiger partial charge in [0, 0.05) is 24.3 Å². The number of nitrogens with one attached hydrogen (secondary N) is 2. The van der Waals surface area contributed by atoms with E-state index in [2.05, 4.69) is 24.5 Å². The Balaban J connectivity index is 2.68. The van der Waals surface area contributed by atoms with Gasteiger partial charge < -0.3 is 10.6 Å². The fourth-order valence-corrected chi connectivity index (χ4v) is 1.96. The molecule has 3 nitrogen and oxygen atoms in total. The van der Waals surface area contributed by atoms with Crippen molar-refractivity contribution in [1.82, 2.24) is 5.32 Å². The topological polar surface area (TPSA) is 41.1 Å². The number of benzene rings is 1. The lowest BCUT2D eigenvalue weighted by Gasteiger charge is -2.18. The van der Waals surface area contributed by atoms with Crippen LogP contribution in [-0.2, 0) is 0 Å². The van der Waals surface area contributed by atoms with E-state index in [4.69, 9.17) is 0 Å². The molecule has 0 bridgehead atoms. The normalized spacial score (nSPS) is 11.9. The molecule has 1 unspecified atom stereocenters. The zero-order valence-corrected chi connectivity index (χ0v) is 11.6. The molecule has 1 aromatic rings. The summed E-state index contributed by atoms with van der Waals surface area (Å²) in [5.74, 6) is -0.0414. The number of unbranched alkanes of at least 4 members (excludes halogenated alkanes) is 1. The quantitative estimate of drug-likeness (QED) is 0.776. The van der Waals surface area contributed by atoms with Gasteiger partial charge in [0.15, 0.2) is 0 Å². The van der Waals surface area contributed by atoms with E-state index in [1.807, 2.05) is 24.3 Å². The largest absolute Gasteiger partial charge is 0.382 e. The maximum Gasteiger partial charge on any atom is 0.251 e. The van der Waals surface area contributed by atoms with Crippen LogP contribution in [0.2, 0.25) is 0 Å². The monoisotopic (exact) mass is 248 g/mol. The molecular formula is C15H24N2O. The molecule has 0 saturated carbocycles. The minimum atomic E-state index is -0.0414. The minimum absolute atomic E-state index is 0.0414. The van der Waals surface area contributed by atoms with E-state index in [1.165, 1.54) is 19.3 Å². The van der Waals surface area contributed by atoms with Crippen LogP contribution in [0.25, 0.3) is 0 Å². The average molecular weight is 248 g/mol. The van der Waals surface area contributed by atoms with Crippen LogP contribution in [0.1, 0.15) is 49.9 Å². The number of hydrogen-bond donors (Lipinski definition) is 2. The Labute approximate surface area is 110 Å². The van der Waals surface area contributed by atoms with Crippen molar-refractivity contribution < 1.29 is 4.79 Å². The first-order valence-corrected chi connectivity index (χ1v) is 6.79. The molecule has 0 radical (unpaired) electrons. The van der Waals surface area contributed by atoms with Gasteiger partial charge in [-0.3, -0.25) is 4.79 Å². The van der Waals surface area contributed by atoms with Crippen molar-refractivity contribution in [3.63, 3.8) is 0 Å². The second-order valence-electron chi connectivity index (χ2n) is 4.55. The first-order chi connectivity index (χ1) is 8.71. The molecule has 3 heteroatoms. The maximum atomic E-state index is 11.6. The van der Waals surface area contributed by atoms with E-state index < -0.39 is 0 Å². The number of amides is 1. The third-order valence-corrected chi connectivity index (χ3v) is 3.12. The Kier molecular flexibility index (Phi) is 6.26. The van der Waals surface area contributed by atoms with Crippen molar-refractivity contribution in [2.75, 3.05) is 12.4 Å². The van der Waals surface area contributed by atoms with Crippen molar-refractivity contribution in [3.05, 3.63) is 29.8 Å². The SMILES string of the molecule is CCCCC(CC)Nc1cccc(C(=O)NC)c1. The summed E-state index contributed by atoms with van der Waals surface area (Å²) in [4.78, 5) is 11.6. The Morgan fingerprint density at radius 1 is 1.33 bits per heavy atom. The van der Waals surface area contributed by atoms with Gasteiger partial charge in [-0.1, -0.05) is 32.8 Å². The van der Waals surface area contributed by atoms with Gasteiger partial charge in [-0.25, -0.2) is 0 Å². The summed E-state index contributed by atoms with van der Waals surface area (Å²) in [5.41, 5.74) is 1.73. The third-order valence-electron chi connectivity index (χ3n) is 3.12. The molecule has 0 spiro atoms. The molecule has 100 valence electrons. The standard InChI is InChI=1S/C15H24N2O/c1-4-6-9-13(5-2)17-14-10-7-8-12(11-14)15(18)16-3/h7-8,10-11,13,17H,4-6,9H2,1-3H3,(H,16,18). The minimum Gasteiger partial charge on any atom is -0.382 e. The molecule has 0 aliphatic rings. The lowest BCUT2D eigenvalue weighted by molar-refractivity contribution is 0.0963. The zero-order chi connectivity index (χ0) is 13.4. The predicted octanol–water partition coefficient (Wildman–Crippen LogP) is 3.43. The average Bonchev–Trinajstić information content (AvgIpc) is 2.42. The Morgan fingerprint density at radius 2 is 2.11 bits per heavy atom. The Bertz CT molecular complexity index is 377. The van der Waals surface area contributed by atoms with Crippen molar-refractivity contribution in [3.8, 4) is 0 Å². The van der Waals surface area contributed by atoms with E-state index in [0.29, 0.717) is 11.6 Å². The first kappa shape index (κ1) is 14.6. The molecule has 1 aromatic carbocycles. The summed E-state index contributed by atoms with van der Waals surface area (Å²) >= 11 is 0. The molecule has 0 aliphatic carbocycles. The molecular weight excluding hydrogens is 224 g/mol. The zero-order valence-electron chi connectivity index (χ0n) is 11.6. The molecule has 0 aliphatic heterocycles. The van der Waals surface area contributed by atoms with Gasteiger partial charge in [0.2, 0.25) is 0 Å². The molecule has 1 amide bonds. The second kappa shape index (κ2) is 7.75.